The fourth-order valence-electron chi connectivity index (χ4n) is 1.47. The lowest BCUT2D eigenvalue weighted by Gasteiger charge is -2.09. The summed E-state index contributed by atoms with van der Waals surface area (Å²) in [5, 5.41) is 14.5. The zero-order valence-corrected chi connectivity index (χ0v) is 9.42. The zero-order chi connectivity index (χ0) is 12.5. The molecule has 1 aliphatic heterocycles. The highest BCUT2D eigenvalue weighted by atomic mass is 32.2. The van der Waals surface area contributed by atoms with Crippen LogP contribution in [0.4, 0.5) is 11.5 Å². The number of hydrogen-bond donors (Lipinski definition) is 1. The second kappa shape index (κ2) is 4.13. The van der Waals surface area contributed by atoms with Crippen LogP contribution in [0.2, 0.25) is 0 Å². The van der Waals surface area contributed by atoms with Crippen LogP contribution in [0.3, 0.4) is 0 Å². The van der Waals surface area contributed by atoms with Crippen LogP contribution in [0, 0.1) is 10.1 Å². The van der Waals surface area contributed by atoms with Crippen LogP contribution in [-0.2, 0) is 9.84 Å². The number of rotatable bonds is 3. The molecule has 1 atom stereocenters. The number of pyridine rings is 1. The van der Waals surface area contributed by atoms with Crippen LogP contribution in [0.15, 0.2) is 29.8 Å². The molecule has 17 heavy (non-hydrogen) atoms. The Kier molecular flexibility index (Phi) is 2.80. The van der Waals surface area contributed by atoms with E-state index in [1.54, 1.807) is 0 Å². The molecule has 1 aromatic rings. The van der Waals surface area contributed by atoms with Gasteiger partial charge in [0.15, 0.2) is 9.84 Å². The highest BCUT2D eigenvalue weighted by Crippen LogP contribution is 2.17. The minimum Gasteiger partial charge on any atom is -0.363 e. The number of nitro groups is 1. The molecule has 1 unspecified atom stereocenters. The topological polar surface area (TPSA) is 102 Å². The Morgan fingerprint density at radius 2 is 2.29 bits per heavy atom. The minimum absolute atomic E-state index is 0.0582. The maximum atomic E-state index is 11.2. The molecule has 7 nitrogen and oxygen atoms in total. The number of anilines is 1. The molecule has 0 saturated heterocycles. The Bertz CT molecular complexity index is 582. The Hall–Kier alpha value is -1.96. The van der Waals surface area contributed by atoms with Crippen LogP contribution in [0.5, 0.6) is 0 Å². The third-order valence-electron chi connectivity index (χ3n) is 2.22. The van der Waals surface area contributed by atoms with Crippen LogP contribution in [-0.4, -0.2) is 30.1 Å². The molecule has 0 saturated carbocycles. The van der Waals surface area contributed by atoms with E-state index in [1.165, 1.54) is 24.4 Å². The molecular formula is C9H9N3O4S. The summed E-state index contributed by atoms with van der Waals surface area (Å²) in [4.78, 5) is 13.9. The molecule has 0 amide bonds. The number of aromatic nitrogens is 1. The highest BCUT2D eigenvalue weighted by Gasteiger charge is 2.22. The lowest BCUT2D eigenvalue weighted by Crippen LogP contribution is -2.21. The number of hydrogen-bond acceptors (Lipinski definition) is 6. The van der Waals surface area contributed by atoms with Gasteiger partial charge >= 0.3 is 0 Å². The molecule has 0 radical (unpaired) electrons. The highest BCUT2D eigenvalue weighted by molar-refractivity contribution is 7.94. The van der Waals surface area contributed by atoms with Crippen molar-refractivity contribution in [2.75, 3.05) is 11.1 Å². The van der Waals surface area contributed by atoms with Gasteiger partial charge in [-0.05, 0) is 6.08 Å². The summed E-state index contributed by atoms with van der Waals surface area (Å²) in [6.07, 6.45) is 2.80. The van der Waals surface area contributed by atoms with Crippen molar-refractivity contribution in [3.05, 3.63) is 39.9 Å². The number of nitrogens with zero attached hydrogens (tertiary/aromatic N) is 2. The van der Waals surface area contributed by atoms with Gasteiger partial charge in [-0.25, -0.2) is 13.4 Å². The standard InChI is InChI=1S/C9H9N3O4S/c13-12(14)8-1-3-10-9(5-8)11-7-2-4-17(15,16)6-7/h1-5,7H,6H2,(H,10,11). The Morgan fingerprint density at radius 3 is 2.88 bits per heavy atom. The van der Waals surface area contributed by atoms with Gasteiger partial charge in [0.2, 0.25) is 0 Å². The van der Waals surface area contributed by atoms with Crippen molar-refractivity contribution in [1.82, 2.24) is 4.98 Å². The van der Waals surface area contributed by atoms with Crippen molar-refractivity contribution in [3.8, 4) is 0 Å². The Labute approximate surface area is 97.2 Å². The van der Waals surface area contributed by atoms with Crippen molar-refractivity contribution >= 4 is 21.3 Å². The molecule has 1 aliphatic rings. The first-order valence-electron chi connectivity index (χ1n) is 4.74. The van der Waals surface area contributed by atoms with Crippen molar-refractivity contribution in [2.24, 2.45) is 0 Å². The molecule has 1 aromatic heterocycles. The molecule has 0 bridgehead atoms. The van der Waals surface area contributed by atoms with E-state index in [0.29, 0.717) is 0 Å². The molecule has 90 valence electrons. The molecule has 8 heteroatoms. The maximum Gasteiger partial charge on any atom is 0.274 e. The SMILES string of the molecule is O=[N+]([O-])c1ccnc(NC2C=CS(=O)(=O)C2)c1. The average Bonchev–Trinajstić information content (AvgIpc) is 2.58. The Balaban J connectivity index is 2.13. The van der Waals surface area contributed by atoms with Crippen molar-refractivity contribution in [3.63, 3.8) is 0 Å². The molecule has 0 fully saturated rings. The third-order valence-corrected chi connectivity index (χ3v) is 3.61. The third kappa shape index (κ3) is 2.78. The first-order valence-corrected chi connectivity index (χ1v) is 6.46. The normalized spacial score (nSPS) is 21.3. The minimum atomic E-state index is -3.15. The zero-order valence-electron chi connectivity index (χ0n) is 8.61. The van der Waals surface area contributed by atoms with Gasteiger partial charge in [0.05, 0.1) is 22.8 Å². The van der Waals surface area contributed by atoms with Crippen molar-refractivity contribution in [1.29, 1.82) is 0 Å². The Morgan fingerprint density at radius 1 is 1.53 bits per heavy atom. The molecule has 2 heterocycles. The largest absolute Gasteiger partial charge is 0.363 e. The fraction of sp³-hybridized carbons (Fsp3) is 0.222. The predicted octanol–water partition coefficient (Wildman–Crippen LogP) is 0.712. The van der Waals surface area contributed by atoms with Gasteiger partial charge in [0, 0.05) is 17.7 Å². The summed E-state index contributed by atoms with van der Waals surface area (Å²) >= 11 is 0. The molecular weight excluding hydrogens is 246 g/mol. The monoisotopic (exact) mass is 255 g/mol. The van der Waals surface area contributed by atoms with Crippen LogP contribution in [0.25, 0.3) is 0 Å². The van der Waals surface area contributed by atoms with Crippen LogP contribution >= 0.6 is 0 Å². The second-order valence-electron chi connectivity index (χ2n) is 3.57. The van der Waals surface area contributed by atoms with Gasteiger partial charge in [-0.3, -0.25) is 10.1 Å². The summed E-state index contributed by atoms with van der Waals surface area (Å²) in [6.45, 7) is 0. The van der Waals surface area contributed by atoms with E-state index >= 15 is 0 Å². The van der Waals surface area contributed by atoms with Crippen LogP contribution in [0.1, 0.15) is 0 Å². The molecule has 0 spiro atoms. The summed E-state index contributed by atoms with van der Waals surface area (Å²) in [6, 6.07) is 2.14. The van der Waals surface area contributed by atoms with E-state index in [9.17, 15) is 18.5 Å². The quantitative estimate of drug-likeness (QED) is 0.630. The van der Waals surface area contributed by atoms with E-state index in [4.69, 9.17) is 0 Å². The van der Waals surface area contributed by atoms with Gasteiger partial charge < -0.3 is 5.32 Å². The summed E-state index contributed by atoms with van der Waals surface area (Å²) in [7, 11) is -3.15. The van der Waals surface area contributed by atoms with Gasteiger partial charge in [0.1, 0.15) is 5.82 Å². The van der Waals surface area contributed by atoms with Crippen molar-refractivity contribution in [2.45, 2.75) is 6.04 Å². The molecule has 0 aromatic carbocycles. The smallest absolute Gasteiger partial charge is 0.274 e. The van der Waals surface area contributed by atoms with Gasteiger partial charge in [0.25, 0.3) is 5.69 Å². The van der Waals surface area contributed by atoms with Gasteiger partial charge in [-0.1, -0.05) is 0 Å². The average molecular weight is 255 g/mol. The lowest BCUT2D eigenvalue weighted by atomic mass is 10.3. The van der Waals surface area contributed by atoms with E-state index in [-0.39, 0.29) is 17.3 Å². The summed E-state index contributed by atoms with van der Waals surface area (Å²) < 4.78 is 22.3. The first-order chi connectivity index (χ1) is 7.96. The lowest BCUT2D eigenvalue weighted by molar-refractivity contribution is -0.384. The maximum absolute atomic E-state index is 11.2. The number of nitrogens with one attached hydrogen (secondary N) is 1. The molecule has 0 aliphatic carbocycles. The summed E-state index contributed by atoms with van der Waals surface area (Å²) in [5.74, 6) is 0.225. The van der Waals surface area contributed by atoms with Crippen LogP contribution < -0.4 is 5.32 Å². The van der Waals surface area contributed by atoms with Gasteiger partial charge in [-0.2, -0.15) is 0 Å². The van der Waals surface area contributed by atoms with Crippen molar-refractivity contribution < 1.29 is 13.3 Å². The molecule has 2 rings (SSSR count). The second-order valence-corrected chi connectivity index (χ2v) is 5.50. The first kappa shape index (κ1) is 11.5. The fourth-order valence-corrected chi connectivity index (χ4v) is 2.70. The van der Waals surface area contributed by atoms with E-state index in [0.717, 1.165) is 5.41 Å². The molecule has 1 N–H and O–H groups in total. The van der Waals surface area contributed by atoms with Gasteiger partial charge in [-0.15, -0.1) is 0 Å². The van der Waals surface area contributed by atoms with E-state index in [1.807, 2.05) is 0 Å². The predicted molar refractivity (Wildman–Crippen MR) is 61.2 cm³/mol. The number of sulfone groups is 1. The van der Waals surface area contributed by atoms with E-state index in [2.05, 4.69) is 10.3 Å². The van der Waals surface area contributed by atoms with E-state index < -0.39 is 20.8 Å². The summed E-state index contributed by atoms with van der Waals surface area (Å²) in [5.41, 5.74) is -0.0904.